The molecule has 0 N–H and O–H groups in total. The van der Waals surface area contributed by atoms with Crippen molar-refractivity contribution in [3.05, 3.63) is 23.2 Å². The van der Waals surface area contributed by atoms with E-state index in [1.807, 2.05) is 13.0 Å². The first-order valence-corrected chi connectivity index (χ1v) is 6.45. The molecule has 17 heavy (non-hydrogen) atoms. The molecule has 0 fully saturated rings. The molecule has 96 valence electrons. The van der Waals surface area contributed by atoms with E-state index in [1.54, 1.807) is 6.92 Å². The molecule has 0 spiro atoms. The predicted octanol–water partition coefficient (Wildman–Crippen LogP) is 3.89. The number of hydrogen-bond donors (Lipinski definition) is 0. The smallest absolute Gasteiger partial charge is 0.341 e. The Morgan fingerprint density at radius 2 is 2.06 bits per heavy atom. The second kappa shape index (κ2) is 7.15. The maximum Gasteiger partial charge on any atom is 0.341 e. The van der Waals surface area contributed by atoms with Gasteiger partial charge >= 0.3 is 5.97 Å². The van der Waals surface area contributed by atoms with Crippen LogP contribution in [0.4, 0.5) is 0 Å². The number of ether oxygens (including phenoxy) is 1. The summed E-state index contributed by atoms with van der Waals surface area (Å²) in [5.41, 5.74) is 0.567. The van der Waals surface area contributed by atoms with Gasteiger partial charge in [-0.2, -0.15) is 0 Å². The van der Waals surface area contributed by atoms with E-state index in [2.05, 4.69) is 6.92 Å². The van der Waals surface area contributed by atoms with Gasteiger partial charge in [0, 0.05) is 6.42 Å². The number of furan rings is 1. The van der Waals surface area contributed by atoms with E-state index in [4.69, 9.17) is 9.15 Å². The summed E-state index contributed by atoms with van der Waals surface area (Å²) in [6.07, 6.45) is 5.71. The summed E-state index contributed by atoms with van der Waals surface area (Å²) in [4.78, 5) is 11.6. The Labute approximate surface area is 103 Å². The van der Waals surface area contributed by atoms with Gasteiger partial charge in [0.15, 0.2) is 0 Å². The molecule has 0 radical (unpaired) electrons. The Morgan fingerprint density at radius 1 is 1.29 bits per heavy atom. The second-order valence-electron chi connectivity index (χ2n) is 4.21. The second-order valence-corrected chi connectivity index (χ2v) is 4.21. The number of carbonyl (C=O) groups is 1. The van der Waals surface area contributed by atoms with Gasteiger partial charge in [-0.05, 0) is 26.3 Å². The quantitative estimate of drug-likeness (QED) is 0.534. The first kappa shape index (κ1) is 13.8. The Bertz CT molecular complexity index is 352. The average Bonchev–Trinajstić information content (AvgIpc) is 2.66. The standard InChI is InChI=1S/C14H22O3/c1-4-6-7-8-9-12-10-13(11(3)17-12)14(15)16-5-2/h10H,4-9H2,1-3H3. The summed E-state index contributed by atoms with van der Waals surface area (Å²) < 4.78 is 10.5. The largest absolute Gasteiger partial charge is 0.465 e. The van der Waals surface area contributed by atoms with Gasteiger partial charge in [0.1, 0.15) is 17.1 Å². The van der Waals surface area contributed by atoms with Crippen molar-refractivity contribution in [3.63, 3.8) is 0 Å². The van der Waals surface area contributed by atoms with Crippen LogP contribution in [0, 0.1) is 6.92 Å². The van der Waals surface area contributed by atoms with Crippen LogP contribution >= 0.6 is 0 Å². The van der Waals surface area contributed by atoms with Crippen molar-refractivity contribution in [1.29, 1.82) is 0 Å². The minimum Gasteiger partial charge on any atom is -0.465 e. The van der Waals surface area contributed by atoms with E-state index < -0.39 is 0 Å². The van der Waals surface area contributed by atoms with Crippen molar-refractivity contribution in [2.75, 3.05) is 6.61 Å². The monoisotopic (exact) mass is 238 g/mol. The zero-order valence-electron chi connectivity index (χ0n) is 11.0. The summed E-state index contributed by atoms with van der Waals surface area (Å²) in [6.45, 7) is 6.20. The normalized spacial score (nSPS) is 10.5. The van der Waals surface area contributed by atoms with Gasteiger partial charge in [-0.3, -0.25) is 0 Å². The summed E-state index contributed by atoms with van der Waals surface area (Å²) in [5, 5.41) is 0. The number of hydrogen-bond acceptors (Lipinski definition) is 3. The Kier molecular flexibility index (Phi) is 5.81. The van der Waals surface area contributed by atoms with Gasteiger partial charge in [0.25, 0.3) is 0 Å². The molecule has 3 heteroatoms. The van der Waals surface area contributed by atoms with Gasteiger partial charge in [-0.25, -0.2) is 4.79 Å². The molecule has 0 bridgehead atoms. The number of aryl methyl sites for hydroxylation is 2. The molecular formula is C14H22O3. The third kappa shape index (κ3) is 4.25. The lowest BCUT2D eigenvalue weighted by Gasteiger charge is -1.97. The van der Waals surface area contributed by atoms with Crippen LogP contribution in [0.15, 0.2) is 10.5 Å². The van der Waals surface area contributed by atoms with E-state index in [0.717, 1.165) is 18.6 Å². The molecule has 0 unspecified atom stereocenters. The van der Waals surface area contributed by atoms with E-state index >= 15 is 0 Å². The maximum atomic E-state index is 11.6. The molecule has 1 aromatic heterocycles. The van der Waals surface area contributed by atoms with Crippen LogP contribution in [-0.4, -0.2) is 12.6 Å². The molecule has 1 rings (SSSR count). The van der Waals surface area contributed by atoms with Crippen molar-refractivity contribution in [2.45, 2.75) is 52.9 Å². The number of rotatable bonds is 7. The van der Waals surface area contributed by atoms with E-state index in [9.17, 15) is 4.79 Å². The molecule has 0 aromatic carbocycles. The van der Waals surface area contributed by atoms with Gasteiger partial charge in [0.2, 0.25) is 0 Å². The molecule has 0 saturated heterocycles. The van der Waals surface area contributed by atoms with Gasteiger partial charge < -0.3 is 9.15 Å². The van der Waals surface area contributed by atoms with Crippen molar-refractivity contribution in [1.82, 2.24) is 0 Å². The molecular weight excluding hydrogens is 216 g/mol. The van der Waals surface area contributed by atoms with Crippen LogP contribution in [0.3, 0.4) is 0 Å². The zero-order valence-corrected chi connectivity index (χ0v) is 11.0. The molecule has 0 aliphatic rings. The molecule has 0 atom stereocenters. The topological polar surface area (TPSA) is 39.4 Å². The highest BCUT2D eigenvalue weighted by molar-refractivity contribution is 5.90. The van der Waals surface area contributed by atoms with Crippen LogP contribution in [0.2, 0.25) is 0 Å². The minimum atomic E-state index is -0.284. The van der Waals surface area contributed by atoms with Crippen LogP contribution in [-0.2, 0) is 11.2 Å². The average molecular weight is 238 g/mol. The van der Waals surface area contributed by atoms with Crippen LogP contribution in [0.5, 0.6) is 0 Å². The van der Waals surface area contributed by atoms with E-state index in [0.29, 0.717) is 17.9 Å². The molecule has 0 aliphatic carbocycles. The van der Waals surface area contributed by atoms with Gasteiger partial charge in [-0.1, -0.05) is 26.2 Å². The third-order valence-electron chi connectivity index (χ3n) is 2.74. The van der Waals surface area contributed by atoms with Gasteiger partial charge in [0.05, 0.1) is 6.61 Å². The first-order chi connectivity index (χ1) is 8.19. The molecule has 1 heterocycles. The lowest BCUT2D eigenvalue weighted by Crippen LogP contribution is -2.04. The highest BCUT2D eigenvalue weighted by atomic mass is 16.5. The van der Waals surface area contributed by atoms with Crippen molar-refractivity contribution in [2.24, 2.45) is 0 Å². The SMILES string of the molecule is CCCCCCc1cc(C(=O)OCC)c(C)o1. The Morgan fingerprint density at radius 3 is 2.71 bits per heavy atom. The van der Waals surface area contributed by atoms with Gasteiger partial charge in [-0.15, -0.1) is 0 Å². The van der Waals surface area contributed by atoms with Crippen molar-refractivity contribution >= 4 is 5.97 Å². The summed E-state index contributed by atoms with van der Waals surface area (Å²) in [5.74, 6) is 1.27. The fourth-order valence-electron chi connectivity index (χ4n) is 1.80. The number of carbonyl (C=O) groups excluding carboxylic acids is 1. The molecule has 0 aliphatic heterocycles. The fraction of sp³-hybridized carbons (Fsp3) is 0.643. The molecule has 0 amide bonds. The van der Waals surface area contributed by atoms with Crippen LogP contribution in [0.25, 0.3) is 0 Å². The first-order valence-electron chi connectivity index (χ1n) is 6.45. The summed E-state index contributed by atoms with van der Waals surface area (Å²) >= 11 is 0. The van der Waals surface area contributed by atoms with Crippen molar-refractivity contribution in [3.8, 4) is 0 Å². The van der Waals surface area contributed by atoms with Crippen LogP contribution < -0.4 is 0 Å². The highest BCUT2D eigenvalue weighted by Crippen LogP contribution is 2.18. The highest BCUT2D eigenvalue weighted by Gasteiger charge is 2.15. The number of esters is 1. The van der Waals surface area contributed by atoms with Crippen LogP contribution in [0.1, 0.15) is 61.4 Å². The maximum absolute atomic E-state index is 11.6. The Balaban J connectivity index is 2.52. The molecule has 0 saturated carbocycles. The lowest BCUT2D eigenvalue weighted by molar-refractivity contribution is 0.0524. The fourth-order valence-corrected chi connectivity index (χ4v) is 1.80. The Hall–Kier alpha value is -1.25. The lowest BCUT2D eigenvalue weighted by atomic mass is 10.1. The van der Waals surface area contributed by atoms with Crippen molar-refractivity contribution < 1.29 is 13.9 Å². The predicted molar refractivity (Wildman–Crippen MR) is 67.2 cm³/mol. The van der Waals surface area contributed by atoms with E-state index in [-0.39, 0.29) is 5.97 Å². The molecule has 3 nitrogen and oxygen atoms in total. The molecule has 1 aromatic rings. The third-order valence-corrected chi connectivity index (χ3v) is 2.74. The summed E-state index contributed by atoms with van der Waals surface area (Å²) in [6, 6.07) is 1.82. The minimum absolute atomic E-state index is 0.284. The summed E-state index contributed by atoms with van der Waals surface area (Å²) in [7, 11) is 0. The number of unbranched alkanes of at least 4 members (excludes halogenated alkanes) is 3. The zero-order chi connectivity index (χ0) is 12.7. The van der Waals surface area contributed by atoms with E-state index in [1.165, 1.54) is 19.3 Å².